The molecule has 0 aliphatic heterocycles. The Morgan fingerprint density at radius 1 is 1.29 bits per heavy atom. The van der Waals surface area contributed by atoms with Gasteiger partial charge in [-0.25, -0.2) is 8.42 Å². The number of thiophene rings is 1. The molecule has 0 fully saturated rings. The highest BCUT2D eigenvalue weighted by molar-refractivity contribution is 7.94. The number of hydrogen-bond donors (Lipinski definition) is 2. The van der Waals surface area contributed by atoms with Gasteiger partial charge in [-0.05, 0) is 35.2 Å². The van der Waals surface area contributed by atoms with Crippen molar-refractivity contribution in [3.05, 3.63) is 46.3 Å². The highest BCUT2D eigenvalue weighted by Crippen LogP contribution is 2.24. The average molecular weight is 345 g/mol. The molecule has 2 aromatic rings. The van der Waals surface area contributed by atoms with Crippen LogP contribution in [0.1, 0.15) is 19.4 Å². The van der Waals surface area contributed by atoms with E-state index in [0.717, 1.165) is 5.56 Å². The third kappa shape index (κ3) is 4.71. The van der Waals surface area contributed by atoms with Crippen molar-refractivity contribution < 1.29 is 8.42 Å². The molecule has 114 valence electrons. The van der Waals surface area contributed by atoms with Crippen LogP contribution in [0.3, 0.4) is 0 Å². The molecule has 0 amide bonds. The molecule has 0 saturated carbocycles. The SMILES string of the molecule is CC(C)NCc1csc(S(=O)(=O)Nc2cccc(Cl)c2)c1. The number of hydrogen-bond acceptors (Lipinski definition) is 4. The van der Waals surface area contributed by atoms with Crippen molar-refractivity contribution in [1.29, 1.82) is 0 Å². The maximum atomic E-state index is 12.3. The molecule has 2 N–H and O–H groups in total. The van der Waals surface area contributed by atoms with Gasteiger partial charge in [0.05, 0.1) is 5.69 Å². The van der Waals surface area contributed by atoms with Crippen LogP contribution >= 0.6 is 22.9 Å². The molecule has 7 heteroatoms. The van der Waals surface area contributed by atoms with E-state index >= 15 is 0 Å². The molecule has 0 aliphatic rings. The minimum absolute atomic E-state index is 0.294. The molecule has 0 radical (unpaired) electrons. The standard InChI is InChI=1S/C14H17ClN2O2S2/c1-10(2)16-8-11-6-14(20-9-11)21(18,19)17-13-5-3-4-12(15)7-13/h3-7,9-10,16-17H,8H2,1-2H3. The lowest BCUT2D eigenvalue weighted by Gasteiger charge is -2.07. The molecule has 1 aromatic heterocycles. The minimum atomic E-state index is -3.57. The number of benzene rings is 1. The first-order valence-electron chi connectivity index (χ1n) is 6.46. The Hall–Kier alpha value is -1.08. The largest absolute Gasteiger partial charge is 0.310 e. The van der Waals surface area contributed by atoms with Gasteiger partial charge < -0.3 is 5.32 Å². The average Bonchev–Trinajstić information content (AvgIpc) is 2.85. The Labute approximate surface area is 134 Å². The Bertz CT molecular complexity index is 711. The molecule has 0 bridgehead atoms. The third-order valence-corrected chi connectivity index (χ3v) is 5.79. The van der Waals surface area contributed by atoms with Gasteiger partial charge in [-0.2, -0.15) is 0 Å². The number of halogens is 1. The summed E-state index contributed by atoms with van der Waals surface area (Å²) in [5.41, 5.74) is 1.41. The maximum absolute atomic E-state index is 12.3. The quantitative estimate of drug-likeness (QED) is 0.840. The van der Waals surface area contributed by atoms with Crippen molar-refractivity contribution >= 4 is 38.6 Å². The van der Waals surface area contributed by atoms with Gasteiger partial charge in [-0.1, -0.05) is 31.5 Å². The monoisotopic (exact) mass is 344 g/mol. The predicted molar refractivity (Wildman–Crippen MR) is 88.6 cm³/mol. The zero-order valence-electron chi connectivity index (χ0n) is 11.8. The molecule has 0 unspecified atom stereocenters. The molecule has 0 aliphatic carbocycles. The van der Waals surface area contributed by atoms with Crippen molar-refractivity contribution in [2.45, 2.75) is 30.6 Å². The highest BCUT2D eigenvalue weighted by Gasteiger charge is 2.17. The summed E-state index contributed by atoms with van der Waals surface area (Å²) < 4.78 is 27.4. The number of anilines is 1. The fraction of sp³-hybridized carbons (Fsp3) is 0.286. The number of rotatable bonds is 6. The van der Waals surface area contributed by atoms with Crippen molar-refractivity contribution in [2.75, 3.05) is 4.72 Å². The van der Waals surface area contributed by atoms with E-state index in [9.17, 15) is 8.42 Å². The van der Waals surface area contributed by atoms with Gasteiger partial charge in [0.25, 0.3) is 10.0 Å². The van der Waals surface area contributed by atoms with E-state index in [4.69, 9.17) is 11.6 Å². The van der Waals surface area contributed by atoms with Crippen LogP contribution in [0, 0.1) is 0 Å². The van der Waals surface area contributed by atoms with Crippen molar-refractivity contribution in [3.8, 4) is 0 Å². The molecule has 0 atom stereocenters. The van der Waals surface area contributed by atoms with E-state index < -0.39 is 10.0 Å². The molecule has 21 heavy (non-hydrogen) atoms. The summed E-state index contributed by atoms with van der Waals surface area (Å²) in [5, 5.41) is 5.60. The first-order valence-corrected chi connectivity index (χ1v) is 9.20. The van der Waals surface area contributed by atoms with Crippen LogP contribution in [0.5, 0.6) is 0 Å². The van der Waals surface area contributed by atoms with Gasteiger partial charge in [-0.15, -0.1) is 11.3 Å². The molecular weight excluding hydrogens is 328 g/mol. The summed E-state index contributed by atoms with van der Waals surface area (Å²) in [6.45, 7) is 4.75. The van der Waals surface area contributed by atoms with E-state index in [1.807, 2.05) is 19.2 Å². The lowest BCUT2D eigenvalue weighted by atomic mass is 10.3. The lowest BCUT2D eigenvalue weighted by Crippen LogP contribution is -2.21. The normalized spacial score (nSPS) is 11.8. The first kappa shape index (κ1) is 16.3. The van der Waals surface area contributed by atoms with E-state index in [-0.39, 0.29) is 0 Å². The van der Waals surface area contributed by atoms with Crippen LogP contribution in [0.25, 0.3) is 0 Å². The maximum Gasteiger partial charge on any atom is 0.271 e. The van der Waals surface area contributed by atoms with Crippen LogP contribution < -0.4 is 10.0 Å². The summed E-state index contributed by atoms with van der Waals surface area (Å²) in [7, 11) is -3.57. The third-order valence-electron chi connectivity index (χ3n) is 2.69. The van der Waals surface area contributed by atoms with Gasteiger partial charge >= 0.3 is 0 Å². The van der Waals surface area contributed by atoms with Crippen LogP contribution in [-0.2, 0) is 16.6 Å². The van der Waals surface area contributed by atoms with E-state index in [1.165, 1.54) is 11.3 Å². The van der Waals surface area contributed by atoms with Crippen LogP contribution in [0.15, 0.2) is 39.9 Å². The highest BCUT2D eigenvalue weighted by atomic mass is 35.5. The second-order valence-electron chi connectivity index (χ2n) is 4.93. The zero-order valence-corrected chi connectivity index (χ0v) is 14.1. The Balaban J connectivity index is 2.12. The minimum Gasteiger partial charge on any atom is -0.310 e. The molecule has 1 heterocycles. The Morgan fingerprint density at radius 2 is 2.05 bits per heavy atom. The zero-order chi connectivity index (χ0) is 15.5. The number of nitrogens with one attached hydrogen (secondary N) is 2. The van der Waals surface area contributed by atoms with Crippen LogP contribution in [-0.4, -0.2) is 14.5 Å². The fourth-order valence-electron chi connectivity index (χ4n) is 1.67. The molecule has 0 spiro atoms. The lowest BCUT2D eigenvalue weighted by molar-refractivity contribution is 0.589. The summed E-state index contributed by atoms with van der Waals surface area (Å²) in [6.07, 6.45) is 0. The predicted octanol–water partition coefficient (Wildman–Crippen LogP) is 3.70. The Kier molecular flexibility index (Phi) is 5.27. The van der Waals surface area contributed by atoms with E-state index in [0.29, 0.717) is 27.5 Å². The van der Waals surface area contributed by atoms with Gasteiger partial charge in [0.1, 0.15) is 4.21 Å². The van der Waals surface area contributed by atoms with Crippen LogP contribution in [0.4, 0.5) is 5.69 Å². The van der Waals surface area contributed by atoms with Gasteiger partial charge in [0.2, 0.25) is 0 Å². The number of sulfonamides is 1. The topological polar surface area (TPSA) is 58.2 Å². The van der Waals surface area contributed by atoms with Crippen LogP contribution in [0.2, 0.25) is 5.02 Å². The van der Waals surface area contributed by atoms with Gasteiger partial charge in [0, 0.05) is 17.6 Å². The Morgan fingerprint density at radius 3 is 2.71 bits per heavy atom. The molecular formula is C14H17ClN2O2S2. The first-order chi connectivity index (χ1) is 9.87. The second-order valence-corrected chi connectivity index (χ2v) is 8.18. The molecule has 2 rings (SSSR count). The van der Waals surface area contributed by atoms with Crippen molar-refractivity contribution in [2.24, 2.45) is 0 Å². The summed E-state index contributed by atoms with van der Waals surface area (Å²) in [4.78, 5) is 0. The second kappa shape index (κ2) is 6.79. The van der Waals surface area contributed by atoms with Gasteiger partial charge in [0.15, 0.2) is 0 Å². The van der Waals surface area contributed by atoms with E-state index in [1.54, 1.807) is 30.3 Å². The molecule has 4 nitrogen and oxygen atoms in total. The molecule has 1 aromatic carbocycles. The fourth-order valence-corrected chi connectivity index (χ4v) is 4.12. The van der Waals surface area contributed by atoms with Crippen molar-refractivity contribution in [1.82, 2.24) is 5.32 Å². The smallest absolute Gasteiger partial charge is 0.271 e. The summed E-state index contributed by atoms with van der Waals surface area (Å²) in [6, 6.07) is 8.68. The molecule has 0 saturated heterocycles. The van der Waals surface area contributed by atoms with E-state index in [2.05, 4.69) is 10.0 Å². The van der Waals surface area contributed by atoms with Crippen molar-refractivity contribution in [3.63, 3.8) is 0 Å². The van der Waals surface area contributed by atoms with Gasteiger partial charge in [-0.3, -0.25) is 4.72 Å². The summed E-state index contributed by atoms with van der Waals surface area (Å²) in [5.74, 6) is 0. The summed E-state index contributed by atoms with van der Waals surface area (Å²) >= 11 is 7.06.